The van der Waals surface area contributed by atoms with Crippen molar-refractivity contribution < 1.29 is 23.3 Å². The molecule has 0 aliphatic carbocycles. The molecular formula is C18H21FN5O3+. The molecule has 3 heterocycles. The molecule has 0 radical (unpaired) electrons. The lowest BCUT2D eigenvalue weighted by Gasteiger charge is -2.33. The van der Waals surface area contributed by atoms with E-state index in [1.807, 2.05) is 4.90 Å². The highest BCUT2D eigenvalue weighted by Crippen LogP contribution is 2.25. The van der Waals surface area contributed by atoms with E-state index >= 15 is 0 Å². The van der Waals surface area contributed by atoms with Gasteiger partial charge in [-0.15, -0.1) is 0 Å². The molecule has 142 valence electrons. The number of fused-ring (bicyclic) bond motifs is 1. The Kier molecular flexibility index (Phi) is 4.39. The van der Waals surface area contributed by atoms with Crippen molar-refractivity contribution in [2.75, 3.05) is 40.4 Å². The number of carbonyl (C=O) groups excluding carboxylic acids is 2. The molecule has 3 amide bonds. The van der Waals surface area contributed by atoms with Gasteiger partial charge in [-0.3, -0.25) is 19.2 Å². The first kappa shape index (κ1) is 17.6. The molecule has 1 unspecified atom stereocenters. The molecule has 4 rings (SSSR count). The fourth-order valence-corrected chi connectivity index (χ4v) is 3.55. The van der Waals surface area contributed by atoms with Crippen molar-refractivity contribution >= 4 is 23.7 Å². The van der Waals surface area contributed by atoms with Gasteiger partial charge in [-0.2, -0.15) is 0 Å². The van der Waals surface area contributed by atoms with Crippen LogP contribution in [0.25, 0.3) is 0 Å². The van der Waals surface area contributed by atoms with Crippen LogP contribution in [0.2, 0.25) is 0 Å². The number of hydrogen-bond acceptors (Lipinski definition) is 3. The molecule has 0 spiro atoms. The number of aliphatic imine (C=N–C) groups is 1. The van der Waals surface area contributed by atoms with Crippen LogP contribution in [0.5, 0.6) is 0 Å². The maximum absolute atomic E-state index is 13.3. The lowest BCUT2D eigenvalue weighted by atomic mass is 10.1. The maximum atomic E-state index is 13.3. The molecule has 27 heavy (non-hydrogen) atoms. The van der Waals surface area contributed by atoms with Gasteiger partial charge in [0.25, 0.3) is 5.91 Å². The molecule has 0 bridgehead atoms. The van der Waals surface area contributed by atoms with Crippen LogP contribution in [0.3, 0.4) is 0 Å². The summed E-state index contributed by atoms with van der Waals surface area (Å²) in [4.78, 5) is 34.3. The lowest BCUT2D eigenvalue weighted by Crippen LogP contribution is -2.62. The standard InChI is InChI=1S/C18H21FN5O3/c1-21-15-14(16(25)22(2)18(21)26)24(11-12-3-5-13(19)6-4-12)17(20-15)23-7-9-27-10-8-23/h3-6,14H,7-11H2,1-2H3/q+1. The Hall–Kier alpha value is -2.81. The maximum Gasteiger partial charge on any atom is 0.392 e. The minimum atomic E-state index is -0.680. The SMILES string of the molecule is CN1C(=O)C2C(=NC(=[N+]3CCOCC3)N2Cc2ccc(F)cc2)N(C)C1=O. The highest BCUT2D eigenvalue weighted by molar-refractivity contribution is 6.25. The number of rotatable bonds is 2. The van der Waals surface area contributed by atoms with E-state index in [2.05, 4.69) is 9.57 Å². The van der Waals surface area contributed by atoms with Gasteiger partial charge < -0.3 is 4.74 Å². The minimum Gasteiger partial charge on any atom is -0.375 e. The van der Waals surface area contributed by atoms with Gasteiger partial charge >= 0.3 is 12.0 Å². The van der Waals surface area contributed by atoms with Crippen LogP contribution in [-0.4, -0.2) is 89.4 Å². The van der Waals surface area contributed by atoms with E-state index in [4.69, 9.17) is 4.74 Å². The Balaban J connectivity index is 1.76. The third-order valence-corrected chi connectivity index (χ3v) is 5.07. The zero-order valence-electron chi connectivity index (χ0n) is 15.3. The number of morpholine rings is 1. The molecule has 3 aliphatic rings. The third kappa shape index (κ3) is 2.97. The Morgan fingerprint density at radius 2 is 1.81 bits per heavy atom. The van der Waals surface area contributed by atoms with Crippen LogP contribution in [0.1, 0.15) is 5.56 Å². The largest absolute Gasteiger partial charge is 0.392 e. The fourth-order valence-electron chi connectivity index (χ4n) is 3.55. The van der Waals surface area contributed by atoms with Gasteiger partial charge in [0, 0.05) is 14.1 Å². The number of likely N-dealkylation sites (N-methyl/N-ethyl adjacent to an activating group) is 2. The van der Waals surface area contributed by atoms with Gasteiger partial charge in [-0.25, -0.2) is 14.1 Å². The van der Waals surface area contributed by atoms with Crippen molar-refractivity contribution in [1.82, 2.24) is 14.7 Å². The van der Waals surface area contributed by atoms with Gasteiger partial charge in [-0.05, 0) is 17.7 Å². The molecule has 1 aromatic rings. The van der Waals surface area contributed by atoms with Gasteiger partial charge in [0.1, 0.15) is 5.82 Å². The highest BCUT2D eigenvalue weighted by Gasteiger charge is 2.55. The Labute approximate surface area is 156 Å². The van der Waals surface area contributed by atoms with Gasteiger partial charge in [0.15, 0.2) is 0 Å². The number of amidine groups is 1. The number of imide groups is 1. The van der Waals surface area contributed by atoms with Crippen molar-refractivity contribution in [1.29, 1.82) is 0 Å². The number of halogens is 1. The zero-order valence-corrected chi connectivity index (χ0v) is 15.3. The molecule has 2 fully saturated rings. The zero-order chi connectivity index (χ0) is 19.1. The normalized spacial score (nSPS) is 23.1. The van der Waals surface area contributed by atoms with E-state index < -0.39 is 12.1 Å². The average Bonchev–Trinajstić information content (AvgIpc) is 3.06. The Morgan fingerprint density at radius 3 is 2.48 bits per heavy atom. The first-order valence-corrected chi connectivity index (χ1v) is 8.82. The summed E-state index contributed by atoms with van der Waals surface area (Å²) in [5.74, 6) is 0.438. The number of hydrogen-bond donors (Lipinski definition) is 0. The van der Waals surface area contributed by atoms with Crippen LogP contribution >= 0.6 is 0 Å². The summed E-state index contributed by atoms with van der Waals surface area (Å²) in [6, 6.07) is 5.09. The minimum absolute atomic E-state index is 0.312. The number of amides is 3. The van der Waals surface area contributed by atoms with Crippen molar-refractivity contribution in [3.8, 4) is 0 Å². The highest BCUT2D eigenvalue weighted by atomic mass is 19.1. The molecule has 3 aliphatic heterocycles. The average molecular weight is 374 g/mol. The second kappa shape index (κ2) is 6.73. The molecule has 0 aromatic heterocycles. The summed E-state index contributed by atoms with van der Waals surface area (Å²) >= 11 is 0. The van der Waals surface area contributed by atoms with Crippen LogP contribution in [0.15, 0.2) is 29.3 Å². The van der Waals surface area contributed by atoms with Crippen LogP contribution in [0, 0.1) is 5.82 Å². The van der Waals surface area contributed by atoms with Crippen molar-refractivity contribution in [3.63, 3.8) is 0 Å². The second-order valence-corrected chi connectivity index (χ2v) is 6.77. The Bertz CT molecular complexity index is 843. The van der Waals surface area contributed by atoms with Gasteiger partial charge in [-0.1, -0.05) is 17.1 Å². The molecule has 0 N–H and O–H groups in total. The van der Waals surface area contributed by atoms with E-state index in [1.165, 1.54) is 24.1 Å². The van der Waals surface area contributed by atoms with Crippen molar-refractivity contribution in [2.45, 2.75) is 12.6 Å². The molecule has 1 aromatic carbocycles. The van der Waals surface area contributed by atoms with E-state index in [0.29, 0.717) is 44.6 Å². The van der Waals surface area contributed by atoms with E-state index in [-0.39, 0.29) is 11.7 Å². The number of guanidine groups is 1. The number of urea groups is 1. The molecular weight excluding hydrogens is 353 g/mol. The van der Waals surface area contributed by atoms with Crippen LogP contribution < -0.4 is 0 Å². The van der Waals surface area contributed by atoms with E-state index in [9.17, 15) is 14.0 Å². The second-order valence-electron chi connectivity index (χ2n) is 6.77. The summed E-state index contributed by atoms with van der Waals surface area (Å²) in [6.07, 6.45) is 0. The topological polar surface area (TPSA) is 68.5 Å². The van der Waals surface area contributed by atoms with Gasteiger partial charge in [0.05, 0.1) is 32.8 Å². The molecule has 9 heteroatoms. The molecule has 1 atom stereocenters. The molecule has 0 saturated carbocycles. The predicted octanol–water partition coefficient (Wildman–Crippen LogP) is 0.331. The number of benzene rings is 1. The smallest absolute Gasteiger partial charge is 0.375 e. The summed E-state index contributed by atoms with van der Waals surface area (Å²) in [6.45, 7) is 2.84. The summed E-state index contributed by atoms with van der Waals surface area (Å²) in [7, 11) is 3.09. The molecule has 8 nitrogen and oxygen atoms in total. The third-order valence-electron chi connectivity index (χ3n) is 5.07. The first-order chi connectivity index (χ1) is 13.0. The van der Waals surface area contributed by atoms with E-state index in [0.717, 1.165) is 10.5 Å². The van der Waals surface area contributed by atoms with Crippen molar-refractivity contribution in [2.24, 2.45) is 4.99 Å². The summed E-state index contributed by atoms with van der Waals surface area (Å²) in [5.41, 5.74) is 0.855. The Morgan fingerprint density at radius 1 is 1.15 bits per heavy atom. The van der Waals surface area contributed by atoms with Crippen molar-refractivity contribution in [3.05, 3.63) is 35.6 Å². The summed E-state index contributed by atoms with van der Waals surface area (Å²) in [5, 5.41) is 0. The number of carbonyl (C=O) groups is 2. The number of nitrogens with zero attached hydrogens (tertiary/aromatic N) is 5. The van der Waals surface area contributed by atoms with Crippen LogP contribution in [-0.2, 0) is 16.1 Å². The van der Waals surface area contributed by atoms with E-state index in [1.54, 1.807) is 19.2 Å². The summed E-state index contributed by atoms with van der Waals surface area (Å²) < 4.78 is 20.8. The monoisotopic (exact) mass is 374 g/mol. The first-order valence-electron chi connectivity index (χ1n) is 8.82. The number of ether oxygens (including phenoxy) is 1. The van der Waals surface area contributed by atoms with Crippen LogP contribution in [0.4, 0.5) is 9.18 Å². The molecule has 2 saturated heterocycles. The predicted molar refractivity (Wildman–Crippen MR) is 94.9 cm³/mol. The fraction of sp³-hybridized carbons (Fsp3) is 0.444. The van der Waals surface area contributed by atoms with Gasteiger partial charge in [0.2, 0.25) is 11.9 Å². The quantitative estimate of drug-likeness (QED) is 0.700. The lowest BCUT2D eigenvalue weighted by molar-refractivity contribution is -0.554.